The third-order valence-corrected chi connectivity index (χ3v) is 2.19. The zero-order valence-corrected chi connectivity index (χ0v) is 9.84. The van der Waals surface area contributed by atoms with E-state index in [0.29, 0.717) is 10.7 Å². The lowest BCUT2D eigenvalue weighted by Crippen LogP contribution is -2.20. The molecule has 1 N–H and O–H groups in total. The van der Waals surface area contributed by atoms with E-state index in [2.05, 4.69) is 10.1 Å². The molecule has 5 heteroatoms. The van der Waals surface area contributed by atoms with Crippen molar-refractivity contribution >= 4 is 23.3 Å². The van der Waals surface area contributed by atoms with Crippen LogP contribution in [0.25, 0.3) is 0 Å². The third-order valence-electron chi connectivity index (χ3n) is 1.98. The molecule has 0 aliphatic carbocycles. The molecule has 16 heavy (non-hydrogen) atoms. The van der Waals surface area contributed by atoms with Crippen molar-refractivity contribution in [3.8, 4) is 0 Å². The van der Waals surface area contributed by atoms with E-state index in [1.54, 1.807) is 13.0 Å². The number of rotatable bonds is 4. The fourth-order valence-electron chi connectivity index (χ4n) is 1.31. The third kappa shape index (κ3) is 4.06. The molecule has 0 heterocycles. The Kier molecular flexibility index (Phi) is 4.55. The van der Waals surface area contributed by atoms with Gasteiger partial charge in [0.25, 0.3) is 0 Å². The molecule has 0 saturated carbocycles. The summed E-state index contributed by atoms with van der Waals surface area (Å²) < 4.78 is 17.5. The SMILES string of the molecule is COC(=O)CC(C)Nc1cc(F)cc(Cl)c1. The average molecular weight is 246 g/mol. The minimum atomic E-state index is -0.416. The Balaban J connectivity index is 2.62. The lowest BCUT2D eigenvalue weighted by Gasteiger charge is -2.14. The monoisotopic (exact) mass is 245 g/mol. The quantitative estimate of drug-likeness (QED) is 0.829. The highest BCUT2D eigenvalue weighted by Crippen LogP contribution is 2.19. The molecule has 3 nitrogen and oxygen atoms in total. The summed E-state index contributed by atoms with van der Waals surface area (Å²) in [4.78, 5) is 11.0. The zero-order chi connectivity index (χ0) is 12.1. The van der Waals surface area contributed by atoms with E-state index < -0.39 is 5.82 Å². The van der Waals surface area contributed by atoms with Gasteiger partial charge in [-0.05, 0) is 25.1 Å². The van der Waals surface area contributed by atoms with Gasteiger partial charge >= 0.3 is 5.97 Å². The maximum Gasteiger partial charge on any atom is 0.307 e. The topological polar surface area (TPSA) is 38.3 Å². The van der Waals surface area contributed by atoms with Crippen LogP contribution < -0.4 is 5.32 Å². The van der Waals surface area contributed by atoms with Crippen molar-refractivity contribution in [2.45, 2.75) is 19.4 Å². The van der Waals surface area contributed by atoms with Gasteiger partial charge in [-0.25, -0.2) is 4.39 Å². The molecule has 1 aromatic rings. The molecule has 0 radical (unpaired) electrons. The van der Waals surface area contributed by atoms with Crippen LogP contribution in [0.1, 0.15) is 13.3 Å². The van der Waals surface area contributed by atoms with Crippen molar-refractivity contribution in [1.82, 2.24) is 0 Å². The predicted octanol–water partition coefficient (Wildman–Crippen LogP) is 2.84. The van der Waals surface area contributed by atoms with Crippen LogP contribution in [0.3, 0.4) is 0 Å². The van der Waals surface area contributed by atoms with Crippen LogP contribution in [0.15, 0.2) is 18.2 Å². The number of carbonyl (C=O) groups excluding carboxylic acids is 1. The summed E-state index contributed by atoms with van der Waals surface area (Å²) in [5.74, 6) is -0.734. The maximum atomic E-state index is 13.0. The van der Waals surface area contributed by atoms with Crippen molar-refractivity contribution in [2.24, 2.45) is 0 Å². The summed E-state index contributed by atoms with van der Waals surface area (Å²) in [5.41, 5.74) is 0.543. The number of nitrogens with one attached hydrogen (secondary N) is 1. The Morgan fingerprint density at radius 3 is 2.81 bits per heavy atom. The number of ether oxygens (including phenoxy) is 1. The number of hydrogen-bond acceptors (Lipinski definition) is 3. The van der Waals surface area contributed by atoms with Crippen LogP contribution >= 0.6 is 11.6 Å². The van der Waals surface area contributed by atoms with Gasteiger partial charge in [0.2, 0.25) is 0 Å². The van der Waals surface area contributed by atoms with Gasteiger partial charge in [0.15, 0.2) is 0 Å². The second kappa shape index (κ2) is 5.70. The summed E-state index contributed by atoms with van der Waals surface area (Å²) in [5, 5.41) is 3.28. The summed E-state index contributed by atoms with van der Waals surface area (Å²) in [7, 11) is 1.33. The first-order valence-corrected chi connectivity index (χ1v) is 5.18. The molecular weight excluding hydrogens is 233 g/mol. The van der Waals surface area contributed by atoms with E-state index in [1.807, 2.05) is 0 Å². The molecule has 0 saturated heterocycles. The molecule has 1 rings (SSSR count). The fraction of sp³-hybridized carbons (Fsp3) is 0.364. The molecule has 0 aliphatic rings. The first-order valence-electron chi connectivity index (χ1n) is 4.80. The number of esters is 1. The summed E-state index contributed by atoms with van der Waals surface area (Å²) in [6.07, 6.45) is 0.213. The molecule has 0 aliphatic heterocycles. The number of hydrogen-bond donors (Lipinski definition) is 1. The molecule has 0 fully saturated rings. The Morgan fingerprint density at radius 1 is 1.56 bits per heavy atom. The molecular formula is C11H13ClFNO2. The minimum Gasteiger partial charge on any atom is -0.469 e. The second-order valence-electron chi connectivity index (χ2n) is 3.48. The van der Waals surface area contributed by atoms with Crippen molar-refractivity contribution in [3.63, 3.8) is 0 Å². The van der Waals surface area contributed by atoms with E-state index in [4.69, 9.17) is 11.6 Å². The van der Waals surface area contributed by atoms with E-state index in [0.717, 1.165) is 0 Å². The average Bonchev–Trinajstić information content (AvgIpc) is 2.15. The van der Waals surface area contributed by atoms with Crippen LogP contribution in [0.5, 0.6) is 0 Å². The molecule has 0 amide bonds. The van der Waals surface area contributed by atoms with Gasteiger partial charge in [-0.2, -0.15) is 0 Å². The smallest absolute Gasteiger partial charge is 0.307 e. The second-order valence-corrected chi connectivity index (χ2v) is 3.92. The highest BCUT2D eigenvalue weighted by molar-refractivity contribution is 6.30. The number of halogens is 2. The lowest BCUT2D eigenvalue weighted by molar-refractivity contribution is -0.140. The number of benzene rings is 1. The van der Waals surface area contributed by atoms with E-state index in [9.17, 15) is 9.18 Å². The van der Waals surface area contributed by atoms with E-state index >= 15 is 0 Å². The molecule has 88 valence electrons. The first kappa shape index (κ1) is 12.8. The Hall–Kier alpha value is -1.29. The fourth-order valence-corrected chi connectivity index (χ4v) is 1.53. The predicted molar refractivity (Wildman–Crippen MR) is 61.1 cm³/mol. The molecule has 0 aromatic heterocycles. The first-order chi connectivity index (χ1) is 7.51. The van der Waals surface area contributed by atoms with Crippen LogP contribution in [0.2, 0.25) is 5.02 Å². The summed E-state index contributed by atoms with van der Waals surface area (Å²) >= 11 is 5.69. The Labute approximate surface area is 98.5 Å². The van der Waals surface area contributed by atoms with Gasteiger partial charge in [0, 0.05) is 16.8 Å². The molecule has 1 atom stereocenters. The Bertz CT molecular complexity index is 364. The van der Waals surface area contributed by atoms with Crippen LogP contribution in [-0.4, -0.2) is 19.1 Å². The minimum absolute atomic E-state index is 0.148. The number of anilines is 1. The van der Waals surface area contributed by atoms with Gasteiger partial charge in [-0.15, -0.1) is 0 Å². The van der Waals surface area contributed by atoms with Crippen molar-refractivity contribution in [1.29, 1.82) is 0 Å². The standard InChI is InChI=1S/C11H13ClFNO2/c1-7(3-11(15)16-2)14-10-5-8(12)4-9(13)6-10/h4-7,14H,3H2,1-2H3. The number of methoxy groups -OCH3 is 1. The van der Waals surface area contributed by atoms with Gasteiger partial charge < -0.3 is 10.1 Å². The Morgan fingerprint density at radius 2 is 2.25 bits per heavy atom. The van der Waals surface area contributed by atoms with Crippen molar-refractivity contribution in [3.05, 3.63) is 29.0 Å². The highest BCUT2D eigenvalue weighted by atomic mass is 35.5. The molecule has 1 aromatic carbocycles. The molecule has 0 spiro atoms. The van der Waals surface area contributed by atoms with Gasteiger partial charge in [-0.1, -0.05) is 11.6 Å². The summed E-state index contributed by atoms with van der Waals surface area (Å²) in [6.45, 7) is 1.80. The van der Waals surface area contributed by atoms with Crippen LogP contribution in [0.4, 0.5) is 10.1 Å². The van der Waals surface area contributed by atoms with E-state index in [1.165, 1.54) is 19.2 Å². The van der Waals surface area contributed by atoms with E-state index in [-0.39, 0.29) is 18.4 Å². The maximum absolute atomic E-state index is 13.0. The van der Waals surface area contributed by atoms with Gasteiger partial charge in [-0.3, -0.25) is 4.79 Å². The summed E-state index contributed by atoms with van der Waals surface area (Å²) in [6, 6.07) is 3.99. The molecule has 0 bridgehead atoms. The highest BCUT2D eigenvalue weighted by Gasteiger charge is 2.09. The van der Waals surface area contributed by atoms with Crippen molar-refractivity contribution in [2.75, 3.05) is 12.4 Å². The number of carbonyl (C=O) groups is 1. The van der Waals surface area contributed by atoms with Crippen molar-refractivity contribution < 1.29 is 13.9 Å². The zero-order valence-electron chi connectivity index (χ0n) is 9.09. The molecule has 1 unspecified atom stereocenters. The largest absolute Gasteiger partial charge is 0.469 e. The normalized spacial score (nSPS) is 12.0. The van der Waals surface area contributed by atoms with Crippen LogP contribution in [0, 0.1) is 5.82 Å². The lowest BCUT2D eigenvalue weighted by atomic mass is 10.2. The van der Waals surface area contributed by atoms with Crippen LogP contribution in [-0.2, 0) is 9.53 Å². The van der Waals surface area contributed by atoms with Gasteiger partial charge in [0.05, 0.1) is 13.5 Å². The van der Waals surface area contributed by atoms with Gasteiger partial charge in [0.1, 0.15) is 5.82 Å².